The molecule has 0 aliphatic carbocycles. The predicted molar refractivity (Wildman–Crippen MR) is 56.9 cm³/mol. The molecule has 0 aromatic carbocycles. The van der Waals surface area contributed by atoms with Gasteiger partial charge in [0.05, 0.1) is 6.10 Å². The Morgan fingerprint density at radius 2 is 2.07 bits per heavy atom. The Bertz CT molecular complexity index is 294. The van der Waals surface area contributed by atoms with Gasteiger partial charge in [-0.2, -0.15) is 0 Å². The lowest BCUT2D eigenvalue weighted by Gasteiger charge is -2.30. The van der Waals surface area contributed by atoms with Crippen LogP contribution in [0, 0.1) is 6.92 Å². The molecule has 5 heteroatoms. The van der Waals surface area contributed by atoms with Crippen LogP contribution in [0.3, 0.4) is 0 Å². The Hall–Kier alpha value is -0.680. The van der Waals surface area contributed by atoms with Crippen LogP contribution in [0.1, 0.15) is 17.8 Å². The third-order valence-electron chi connectivity index (χ3n) is 2.56. The maximum absolute atomic E-state index is 5.32. The van der Waals surface area contributed by atoms with E-state index in [-0.39, 0.29) is 0 Å². The van der Waals surface area contributed by atoms with Crippen molar-refractivity contribution in [1.29, 1.82) is 0 Å². The molecule has 0 unspecified atom stereocenters. The first kappa shape index (κ1) is 9.86. The Morgan fingerprint density at radius 1 is 1.36 bits per heavy atom. The second-order valence-electron chi connectivity index (χ2n) is 3.53. The van der Waals surface area contributed by atoms with Crippen LogP contribution in [0.2, 0.25) is 0 Å². The molecule has 0 radical (unpaired) electrons. The van der Waals surface area contributed by atoms with Crippen molar-refractivity contribution in [2.24, 2.45) is 0 Å². The maximum atomic E-state index is 5.32. The maximum Gasteiger partial charge on any atom is 0.208 e. The molecule has 0 spiro atoms. The second kappa shape index (κ2) is 4.23. The number of ether oxygens (including phenoxy) is 1. The molecule has 1 aliphatic heterocycles. The van der Waals surface area contributed by atoms with Gasteiger partial charge in [-0.25, -0.2) is 0 Å². The molecule has 0 saturated carbocycles. The first-order chi connectivity index (χ1) is 6.79. The van der Waals surface area contributed by atoms with E-state index in [2.05, 4.69) is 15.1 Å². The summed E-state index contributed by atoms with van der Waals surface area (Å²) in [4.78, 5) is 2.29. The molecule has 2 heterocycles. The molecule has 0 bridgehead atoms. The van der Waals surface area contributed by atoms with Crippen molar-refractivity contribution < 1.29 is 4.74 Å². The van der Waals surface area contributed by atoms with Gasteiger partial charge in [0.15, 0.2) is 0 Å². The van der Waals surface area contributed by atoms with Crippen molar-refractivity contribution in [3.05, 3.63) is 5.01 Å². The summed E-state index contributed by atoms with van der Waals surface area (Å²) in [5, 5.41) is 10.3. The summed E-state index contributed by atoms with van der Waals surface area (Å²) in [5.41, 5.74) is 0. The summed E-state index contributed by atoms with van der Waals surface area (Å²) < 4.78 is 5.32. The number of piperidine rings is 1. The smallest absolute Gasteiger partial charge is 0.208 e. The molecule has 1 aliphatic rings. The highest BCUT2D eigenvalue weighted by Crippen LogP contribution is 2.23. The van der Waals surface area contributed by atoms with Crippen molar-refractivity contribution >= 4 is 16.5 Å². The van der Waals surface area contributed by atoms with Crippen LogP contribution < -0.4 is 4.90 Å². The van der Waals surface area contributed by atoms with Crippen molar-refractivity contribution in [3.8, 4) is 0 Å². The van der Waals surface area contributed by atoms with E-state index in [1.54, 1.807) is 18.4 Å². The molecular formula is C9H15N3OS. The van der Waals surface area contributed by atoms with Gasteiger partial charge in [0.1, 0.15) is 5.01 Å². The third-order valence-corrected chi connectivity index (χ3v) is 3.46. The molecular weight excluding hydrogens is 198 g/mol. The highest BCUT2D eigenvalue weighted by atomic mass is 32.1. The summed E-state index contributed by atoms with van der Waals surface area (Å²) in [5.74, 6) is 0. The number of anilines is 1. The molecule has 0 amide bonds. The monoisotopic (exact) mass is 213 g/mol. The summed E-state index contributed by atoms with van der Waals surface area (Å²) in [6, 6.07) is 0. The van der Waals surface area contributed by atoms with Crippen LogP contribution in [0.5, 0.6) is 0 Å². The van der Waals surface area contributed by atoms with Gasteiger partial charge in [0.2, 0.25) is 5.13 Å². The molecule has 78 valence electrons. The number of hydrogen-bond acceptors (Lipinski definition) is 5. The Kier molecular flexibility index (Phi) is 2.98. The largest absolute Gasteiger partial charge is 0.381 e. The number of aryl methyl sites for hydroxylation is 1. The van der Waals surface area contributed by atoms with Crippen LogP contribution in [0.4, 0.5) is 5.13 Å². The zero-order chi connectivity index (χ0) is 9.97. The summed E-state index contributed by atoms with van der Waals surface area (Å²) in [6.07, 6.45) is 2.62. The van der Waals surface area contributed by atoms with E-state index in [0.29, 0.717) is 6.10 Å². The van der Waals surface area contributed by atoms with Gasteiger partial charge < -0.3 is 9.64 Å². The van der Waals surface area contributed by atoms with E-state index in [0.717, 1.165) is 36.1 Å². The van der Waals surface area contributed by atoms with Crippen molar-refractivity contribution in [1.82, 2.24) is 10.2 Å². The number of hydrogen-bond donors (Lipinski definition) is 0. The number of rotatable bonds is 2. The predicted octanol–water partition coefficient (Wildman–Crippen LogP) is 1.46. The van der Waals surface area contributed by atoms with E-state index >= 15 is 0 Å². The highest BCUT2D eigenvalue weighted by Gasteiger charge is 2.20. The van der Waals surface area contributed by atoms with Gasteiger partial charge in [0.25, 0.3) is 0 Å². The minimum atomic E-state index is 0.431. The first-order valence-electron chi connectivity index (χ1n) is 4.87. The SMILES string of the molecule is COC1CCN(c2nnc(C)s2)CC1. The highest BCUT2D eigenvalue weighted by molar-refractivity contribution is 7.15. The Balaban J connectivity index is 1.95. The van der Waals surface area contributed by atoms with E-state index in [1.165, 1.54) is 0 Å². The van der Waals surface area contributed by atoms with Gasteiger partial charge >= 0.3 is 0 Å². The average Bonchev–Trinajstić information content (AvgIpc) is 2.65. The van der Waals surface area contributed by atoms with Crippen LogP contribution in [-0.4, -0.2) is 36.5 Å². The van der Waals surface area contributed by atoms with E-state index < -0.39 is 0 Å². The van der Waals surface area contributed by atoms with Gasteiger partial charge in [0, 0.05) is 20.2 Å². The zero-order valence-electron chi connectivity index (χ0n) is 8.56. The first-order valence-corrected chi connectivity index (χ1v) is 5.69. The molecule has 14 heavy (non-hydrogen) atoms. The van der Waals surface area contributed by atoms with E-state index in [1.807, 2.05) is 6.92 Å². The Labute approximate surface area is 87.9 Å². The molecule has 1 aromatic rings. The van der Waals surface area contributed by atoms with Crippen LogP contribution in [0.15, 0.2) is 0 Å². The van der Waals surface area contributed by atoms with Gasteiger partial charge in [-0.05, 0) is 19.8 Å². The molecule has 0 atom stereocenters. The molecule has 0 N–H and O–H groups in total. The normalized spacial score (nSPS) is 18.9. The summed E-state index contributed by atoms with van der Waals surface area (Å²) in [7, 11) is 1.79. The zero-order valence-corrected chi connectivity index (χ0v) is 9.38. The van der Waals surface area contributed by atoms with Crippen LogP contribution in [-0.2, 0) is 4.74 Å². The topological polar surface area (TPSA) is 38.2 Å². The fraction of sp³-hybridized carbons (Fsp3) is 0.778. The number of methoxy groups -OCH3 is 1. The minimum Gasteiger partial charge on any atom is -0.381 e. The molecule has 2 rings (SSSR count). The van der Waals surface area contributed by atoms with Gasteiger partial charge in [-0.1, -0.05) is 11.3 Å². The van der Waals surface area contributed by atoms with Crippen molar-refractivity contribution in [2.45, 2.75) is 25.9 Å². The lowest BCUT2D eigenvalue weighted by atomic mass is 10.1. The lowest BCUT2D eigenvalue weighted by Crippen LogP contribution is -2.36. The fourth-order valence-corrected chi connectivity index (χ4v) is 2.44. The minimum absolute atomic E-state index is 0.431. The Morgan fingerprint density at radius 3 is 2.57 bits per heavy atom. The van der Waals surface area contributed by atoms with Crippen LogP contribution >= 0.6 is 11.3 Å². The number of nitrogens with zero attached hydrogens (tertiary/aromatic N) is 3. The van der Waals surface area contributed by atoms with Crippen LogP contribution in [0.25, 0.3) is 0 Å². The lowest BCUT2D eigenvalue weighted by molar-refractivity contribution is 0.0819. The van der Waals surface area contributed by atoms with Crippen molar-refractivity contribution in [3.63, 3.8) is 0 Å². The van der Waals surface area contributed by atoms with E-state index in [4.69, 9.17) is 4.74 Å². The average molecular weight is 213 g/mol. The second-order valence-corrected chi connectivity index (χ2v) is 4.69. The summed E-state index contributed by atoms with van der Waals surface area (Å²) in [6.45, 7) is 4.06. The number of aromatic nitrogens is 2. The van der Waals surface area contributed by atoms with Crippen molar-refractivity contribution in [2.75, 3.05) is 25.1 Å². The van der Waals surface area contributed by atoms with Gasteiger partial charge in [-0.15, -0.1) is 10.2 Å². The molecule has 4 nitrogen and oxygen atoms in total. The molecule has 1 fully saturated rings. The fourth-order valence-electron chi connectivity index (χ4n) is 1.70. The quantitative estimate of drug-likeness (QED) is 0.745. The standard InChI is InChI=1S/C9H15N3OS/c1-7-10-11-9(14-7)12-5-3-8(13-2)4-6-12/h8H,3-6H2,1-2H3. The third kappa shape index (κ3) is 2.04. The van der Waals surface area contributed by atoms with Gasteiger partial charge in [-0.3, -0.25) is 0 Å². The summed E-state index contributed by atoms with van der Waals surface area (Å²) >= 11 is 1.67. The van der Waals surface area contributed by atoms with E-state index in [9.17, 15) is 0 Å². The molecule has 1 saturated heterocycles. The molecule has 1 aromatic heterocycles.